The highest BCUT2D eigenvalue weighted by Gasteiger charge is 2.22. The number of aliphatic hydroxyl groups is 1. The van der Waals surface area contributed by atoms with E-state index in [4.69, 9.17) is 5.11 Å². The summed E-state index contributed by atoms with van der Waals surface area (Å²) in [5, 5.41) is 11.1. The minimum absolute atomic E-state index is 0.0456. The molecule has 1 saturated heterocycles. The van der Waals surface area contributed by atoms with Crippen LogP contribution in [0, 0.1) is 0 Å². The van der Waals surface area contributed by atoms with Crippen LogP contribution in [0.1, 0.15) is 31.5 Å². The first-order valence-corrected chi connectivity index (χ1v) is 7.97. The van der Waals surface area contributed by atoms with E-state index in [0.29, 0.717) is 17.3 Å². The molecule has 1 aliphatic heterocycles. The van der Waals surface area contributed by atoms with Crippen LogP contribution >= 0.6 is 11.3 Å². The zero-order valence-electron chi connectivity index (χ0n) is 11.3. The van der Waals surface area contributed by atoms with Crippen LogP contribution in [0.15, 0.2) is 16.2 Å². The van der Waals surface area contributed by atoms with E-state index in [2.05, 4.69) is 14.9 Å². The molecule has 2 aromatic rings. The standard InChI is InChI=1S/C14H19N3O2S/c18-7-4-10-3-1-2-6-17(10)9-12-15-11-5-8-20-13(11)14(19)16-12/h5,8,10,18H,1-4,6-7,9H2,(H,15,16,19). The number of rotatable bonds is 4. The van der Waals surface area contributed by atoms with Crippen molar-refractivity contribution in [2.45, 2.75) is 38.3 Å². The van der Waals surface area contributed by atoms with Gasteiger partial charge in [-0.3, -0.25) is 9.69 Å². The van der Waals surface area contributed by atoms with Crippen LogP contribution in [0.4, 0.5) is 0 Å². The summed E-state index contributed by atoms with van der Waals surface area (Å²) in [4.78, 5) is 21.7. The van der Waals surface area contributed by atoms with E-state index in [-0.39, 0.29) is 12.2 Å². The first kappa shape index (κ1) is 13.7. The van der Waals surface area contributed by atoms with Crippen molar-refractivity contribution in [3.8, 4) is 0 Å². The molecular weight excluding hydrogens is 274 g/mol. The van der Waals surface area contributed by atoms with Gasteiger partial charge in [0.25, 0.3) is 5.56 Å². The molecule has 108 valence electrons. The SMILES string of the molecule is O=c1[nH]c(CN2CCCCC2CCO)nc2ccsc12. The van der Waals surface area contributed by atoms with E-state index in [1.54, 1.807) is 0 Å². The Morgan fingerprint density at radius 2 is 2.40 bits per heavy atom. The Morgan fingerprint density at radius 3 is 3.25 bits per heavy atom. The lowest BCUT2D eigenvalue weighted by atomic mass is 10.00. The van der Waals surface area contributed by atoms with Gasteiger partial charge in [-0.1, -0.05) is 6.42 Å². The molecule has 1 atom stereocenters. The van der Waals surface area contributed by atoms with Gasteiger partial charge >= 0.3 is 0 Å². The maximum atomic E-state index is 12.0. The maximum Gasteiger partial charge on any atom is 0.268 e. The van der Waals surface area contributed by atoms with Crippen molar-refractivity contribution in [1.82, 2.24) is 14.9 Å². The summed E-state index contributed by atoms with van der Waals surface area (Å²) in [5.74, 6) is 0.728. The molecule has 0 aromatic carbocycles. The van der Waals surface area contributed by atoms with Crippen LogP contribution in [0.3, 0.4) is 0 Å². The first-order chi connectivity index (χ1) is 9.78. The zero-order valence-corrected chi connectivity index (χ0v) is 12.2. The summed E-state index contributed by atoms with van der Waals surface area (Å²) in [6.45, 7) is 1.89. The average molecular weight is 293 g/mol. The number of H-pyrrole nitrogens is 1. The molecule has 1 fully saturated rings. The highest BCUT2D eigenvalue weighted by atomic mass is 32.1. The highest BCUT2D eigenvalue weighted by molar-refractivity contribution is 7.17. The lowest BCUT2D eigenvalue weighted by Crippen LogP contribution is -2.40. The minimum atomic E-state index is -0.0456. The van der Waals surface area contributed by atoms with Crippen molar-refractivity contribution in [3.63, 3.8) is 0 Å². The van der Waals surface area contributed by atoms with Crippen LogP contribution in [-0.2, 0) is 6.54 Å². The molecule has 3 rings (SSSR count). The number of hydrogen-bond donors (Lipinski definition) is 2. The van der Waals surface area contributed by atoms with Gasteiger partial charge in [-0.15, -0.1) is 11.3 Å². The second-order valence-electron chi connectivity index (χ2n) is 5.28. The Bertz CT molecular complexity index is 635. The van der Waals surface area contributed by atoms with E-state index in [1.165, 1.54) is 24.2 Å². The van der Waals surface area contributed by atoms with Gasteiger partial charge in [-0.05, 0) is 37.3 Å². The third-order valence-electron chi connectivity index (χ3n) is 3.93. The number of nitrogens with one attached hydrogen (secondary N) is 1. The zero-order chi connectivity index (χ0) is 13.9. The Hall–Kier alpha value is -1.24. The Morgan fingerprint density at radius 1 is 1.50 bits per heavy atom. The van der Waals surface area contributed by atoms with Gasteiger partial charge in [-0.25, -0.2) is 4.98 Å². The third-order valence-corrected chi connectivity index (χ3v) is 4.83. The summed E-state index contributed by atoms with van der Waals surface area (Å²) in [7, 11) is 0. The maximum absolute atomic E-state index is 12.0. The highest BCUT2D eigenvalue weighted by Crippen LogP contribution is 2.21. The average Bonchev–Trinajstić information content (AvgIpc) is 2.90. The van der Waals surface area contributed by atoms with Crippen LogP contribution < -0.4 is 5.56 Å². The fourth-order valence-corrected chi connectivity index (χ4v) is 3.66. The van der Waals surface area contributed by atoms with Crippen molar-refractivity contribution in [2.75, 3.05) is 13.2 Å². The molecule has 5 nitrogen and oxygen atoms in total. The smallest absolute Gasteiger partial charge is 0.268 e. The Kier molecular flexibility index (Phi) is 4.14. The molecule has 6 heteroatoms. The molecule has 0 radical (unpaired) electrons. The van der Waals surface area contributed by atoms with Gasteiger partial charge in [0.05, 0.1) is 12.1 Å². The van der Waals surface area contributed by atoms with E-state index < -0.39 is 0 Å². The number of thiophene rings is 1. The quantitative estimate of drug-likeness (QED) is 0.900. The van der Waals surface area contributed by atoms with Crippen LogP contribution in [0.25, 0.3) is 10.2 Å². The predicted octanol–water partition coefficient (Wildman–Crippen LogP) is 1.72. The lowest BCUT2D eigenvalue weighted by molar-refractivity contribution is 0.110. The molecule has 3 heterocycles. The lowest BCUT2D eigenvalue weighted by Gasteiger charge is -2.35. The topological polar surface area (TPSA) is 69.2 Å². The molecule has 0 spiro atoms. The van der Waals surface area contributed by atoms with Gasteiger partial charge in [0.1, 0.15) is 10.5 Å². The number of fused-ring (bicyclic) bond motifs is 1. The number of aromatic nitrogens is 2. The number of aromatic amines is 1. The van der Waals surface area contributed by atoms with Crippen LogP contribution in [0.2, 0.25) is 0 Å². The van der Waals surface area contributed by atoms with Crippen molar-refractivity contribution in [3.05, 3.63) is 27.6 Å². The van der Waals surface area contributed by atoms with E-state index >= 15 is 0 Å². The molecule has 1 aliphatic rings. The molecule has 0 saturated carbocycles. The summed E-state index contributed by atoms with van der Waals surface area (Å²) >= 11 is 1.42. The van der Waals surface area contributed by atoms with Crippen LogP contribution in [0.5, 0.6) is 0 Å². The van der Waals surface area contributed by atoms with Crippen LogP contribution in [-0.4, -0.2) is 39.2 Å². The number of aliphatic hydroxyl groups excluding tert-OH is 1. The van der Waals surface area contributed by atoms with Gasteiger partial charge < -0.3 is 10.1 Å². The third kappa shape index (κ3) is 2.77. The number of piperidine rings is 1. The first-order valence-electron chi connectivity index (χ1n) is 7.09. The Labute approximate surface area is 121 Å². The van der Waals surface area contributed by atoms with E-state index in [1.807, 2.05) is 11.4 Å². The molecule has 20 heavy (non-hydrogen) atoms. The summed E-state index contributed by atoms with van der Waals surface area (Å²) < 4.78 is 0.694. The predicted molar refractivity (Wildman–Crippen MR) is 80.0 cm³/mol. The second kappa shape index (κ2) is 6.03. The van der Waals surface area contributed by atoms with Gasteiger partial charge in [0, 0.05) is 12.6 Å². The van der Waals surface area contributed by atoms with Crippen molar-refractivity contribution in [2.24, 2.45) is 0 Å². The largest absolute Gasteiger partial charge is 0.396 e. The summed E-state index contributed by atoms with van der Waals surface area (Å²) in [5.41, 5.74) is 0.736. The molecule has 0 bridgehead atoms. The van der Waals surface area contributed by atoms with Crippen molar-refractivity contribution < 1.29 is 5.11 Å². The van der Waals surface area contributed by atoms with Crippen molar-refractivity contribution in [1.29, 1.82) is 0 Å². The normalized spacial score (nSPS) is 20.6. The van der Waals surface area contributed by atoms with Gasteiger partial charge in [0.15, 0.2) is 0 Å². The van der Waals surface area contributed by atoms with Gasteiger partial charge in [-0.2, -0.15) is 0 Å². The molecule has 0 amide bonds. The fourth-order valence-electron chi connectivity index (χ4n) is 2.93. The van der Waals surface area contributed by atoms with Gasteiger partial charge in [0.2, 0.25) is 0 Å². The van der Waals surface area contributed by atoms with E-state index in [0.717, 1.165) is 30.7 Å². The molecule has 2 aromatic heterocycles. The minimum Gasteiger partial charge on any atom is -0.396 e. The summed E-state index contributed by atoms with van der Waals surface area (Å²) in [6.07, 6.45) is 4.30. The van der Waals surface area contributed by atoms with Crippen molar-refractivity contribution >= 4 is 21.6 Å². The molecule has 1 unspecified atom stereocenters. The van der Waals surface area contributed by atoms with E-state index in [9.17, 15) is 4.79 Å². The Balaban J connectivity index is 1.82. The molecular formula is C14H19N3O2S. The second-order valence-corrected chi connectivity index (χ2v) is 6.20. The number of likely N-dealkylation sites (tertiary alicyclic amines) is 1. The summed E-state index contributed by atoms with van der Waals surface area (Å²) in [6, 6.07) is 2.29. The fraction of sp³-hybridized carbons (Fsp3) is 0.571. The molecule has 0 aliphatic carbocycles. The monoisotopic (exact) mass is 293 g/mol. The number of hydrogen-bond acceptors (Lipinski definition) is 5. The number of nitrogens with zero attached hydrogens (tertiary/aromatic N) is 2. The molecule has 2 N–H and O–H groups in total.